The molecule has 2 N–H and O–H groups in total. The highest BCUT2D eigenvalue weighted by Crippen LogP contribution is 2.31. The number of likely N-dealkylation sites (N-methyl/N-ethyl adjacent to an activating group) is 1. The summed E-state index contributed by atoms with van der Waals surface area (Å²) in [5.74, 6) is 0. The van der Waals surface area contributed by atoms with Crippen LogP contribution < -0.4 is 5.32 Å². The molecular weight excluding hydrogens is 256 g/mol. The van der Waals surface area contributed by atoms with Crippen LogP contribution in [0.1, 0.15) is 32.6 Å². The lowest BCUT2D eigenvalue weighted by Crippen LogP contribution is -2.56. The van der Waals surface area contributed by atoms with Gasteiger partial charge in [-0.2, -0.15) is 0 Å². The highest BCUT2D eigenvalue weighted by Gasteiger charge is 2.37. The fourth-order valence-corrected chi connectivity index (χ4v) is 3.36. The SMILES string of the molecule is CNC1(CO)CCCC(N(CCOC)C(C)COC)C1. The van der Waals surface area contributed by atoms with Crippen molar-refractivity contribution in [3.8, 4) is 0 Å². The largest absolute Gasteiger partial charge is 0.394 e. The molecule has 1 saturated carbocycles. The van der Waals surface area contributed by atoms with Gasteiger partial charge in [-0.1, -0.05) is 0 Å². The molecule has 0 aromatic rings. The Labute approximate surface area is 123 Å². The number of hydrogen-bond acceptors (Lipinski definition) is 5. The van der Waals surface area contributed by atoms with Crippen molar-refractivity contribution in [2.45, 2.75) is 50.2 Å². The zero-order chi connectivity index (χ0) is 15.0. The lowest BCUT2D eigenvalue weighted by atomic mass is 9.78. The Kier molecular flexibility index (Phi) is 7.99. The molecule has 3 atom stereocenters. The van der Waals surface area contributed by atoms with Gasteiger partial charge in [0.15, 0.2) is 0 Å². The molecule has 0 aromatic heterocycles. The van der Waals surface area contributed by atoms with Crippen LogP contribution in [0.2, 0.25) is 0 Å². The molecule has 0 radical (unpaired) electrons. The summed E-state index contributed by atoms with van der Waals surface area (Å²) in [6.07, 6.45) is 4.36. The summed E-state index contributed by atoms with van der Waals surface area (Å²) in [5, 5.41) is 13.1. The smallest absolute Gasteiger partial charge is 0.0615 e. The Morgan fingerprint density at radius 2 is 2.15 bits per heavy atom. The van der Waals surface area contributed by atoms with E-state index < -0.39 is 0 Å². The summed E-state index contributed by atoms with van der Waals surface area (Å²) in [4.78, 5) is 2.48. The fourth-order valence-electron chi connectivity index (χ4n) is 3.36. The van der Waals surface area contributed by atoms with Crippen LogP contribution >= 0.6 is 0 Å². The Morgan fingerprint density at radius 3 is 2.70 bits per heavy atom. The quantitative estimate of drug-likeness (QED) is 0.659. The average Bonchev–Trinajstić information content (AvgIpc) is 2.48. The molecule has 0 saturated heterocycles. The first-order chi connectivity index (χ1) is 9.62. The standard InChI is InChI=1S/C15H32N2O3/c1-13(11-20-4)17(8-9-19-3)14-6-5-7-15(10-14,12-18)16-2/h13-14,16,18H,5-12H2,1-4H3. The van der Waals surface area contributed by atoms with Crippen molar-refractivity contribution in [3.63, 3.8) is 0 Å². The van der Waals surface area contributed by atoms with E-state index in [1.54, 1.807) is 14.2 Å². The van der Waals surface area contributed by atoms with Crippen LogP contribution in [0, 0.1) is 0 Å². The van der Waals surface area contributed by atoms with E-state index in [-0.39, 0.29) is 12.1 Å². The second-order valence-corrected chi connectivity index (χ2v) is 5.97. The van der Waals surface area contributed by atoms with Crippen molar-refractivity contribution in [1.29, 1.82) is 0 Å². The van der Waals surface area contributed by atoms with Gasteiger partial charge >= 0.3 is 0 Å². The van der Waals surface area contributed by atoms with Crippen molar-refractivity contribution < 1.29 is 14.6 Å². The number of aliphatic hydroxyl groups excluding tert-OH is 1. The Bertz CT molecular complexity index is 260. The van der Waals surface area contributed by atoms with Crippen LogP contribution in [-0.4, -0.2) is 75.3 Å². The van der Waals surface area contributed by atoms with E-state index in [0.717, 1.165) is 39.0 Å². The normalized spacial score (nSPS) is 28.8. The summed E-state index contributed by atoms with van der Waals surface area (Å²) in [7, 11) is 5.44. The minimum atomic E-state index is -0.124. The highest BCUT2D eigenvalue weighted by molar-refractivity contribution is 4.96. The van der Waals surface area contributed by atoms with Gasteiger partial charge in [-0.25, -0.2) is 0 Å². The van der Waals surface area contributed by atoms with E-state index in [9.17, 15) is 5.11 Å². The topological polar surface area (TPSA) is 54.0 Å². The summed E-state index contributed by atoms with van der Waals surface area (Å²) in [5.41, 5.74) is -0.124. The van der Waals surface area contributed by atoms with Gasteiger partial charge in [0, 0.05) is 38.4 Å². The summed E-state index contributed by atoms with van der Waals surface area (Å²) in [6.45, 7) is 4.78. The van der Waals surface area contributed by atoms with Gasteiger partial charge in [0.25, 0.3) is 0 Å². The van der Waals surface area contributed by atoms with Crippen molar-refractivity contribution in [2.24, 2.45) is 0 Å². The molecule has 5 nitrogen and oxygen atoms in total. The molecule has 0 bridgehead atoms. The van der Waals surface area contributed by atoms with E-state index in [4.69, 9.17) is 9.47 Å². The predicted octanol–water partition coefficient (Wildman–Crippen LogP) is 0.863. The average molecular weight is 288 g/mol. The number of methoxy groups -OCH3 is 2. The molecule has 1 rings (SSSR count). The second kappa shape index (κ2) is 8.95. The first-order valence-electron chi connectivity index (χ1n) is 7.66. The predicted molar refractivity (Wildman–Crippen MR) is 81.1 cm³/mol. The van der Waals surface area contributed by atoms with Crippen molar-refractivity contribution >= 4 is 0 Å². The molecule has 1 fully saturated rings. The van der Waals surface area contributed by atoms with Gasteiger partial charge in [0.1, 0.15) is 0 Å². The zero-order valence-electron chi connectivity index (χ0n) is 13.5. The van der Waals surface area contributed by atoms with E-state index in [2.05, 4.69) is 17.1 Å². The third-order valence-corrected chi connectivity index (χ3v) is 4.65. The Morgan fingerprint density at radius 1 is 1.40 bits per heavy atom. The van der Waals surface area contributed by atoms with Crippen LogP contribution in [0.25, 0.3) is 0 Å². The first kappa shape index (κ1) is 17.9. The molecule has 0 aromatic carbocycles. The number of rotatable bonds is 9. The molecule has 0 amide bonds. The maximum absolute atomic E-state index is 9.73. The number of nitrogens with zero attached hydrogens (tertiary/aromatic N) is 1. The number of nitrogens with one attached hydrogen (secondary N) is 1. The molecule has 5 heteroatoms. The van der Waals surface area contributed by atoms with Crippen LogP contribution in [0.5, 0.6) is 0 Å². The second-order valence-electron chi connectivity index (χ2n) is 5.97. The van der Waals surface area contributed by atoms with E-state index in [1.807, 2.05) is 7.05 Å². The molecule has 20 heavy (non-hydrogen) atoms. The Balaban J connectivity index is 2.73. The number of ether oxygens (including phenoxy) is 2. The fraction of sp³-hybridized carbons (Fsp3) is 1.00. The van der Waals surface area contributed by atoms with E-state index >= 15 is 0 Å². The minimum absolute atomic E-state index is 0.124. The molecule has 0 aliphatic heterocycles. The lowest BCUT2D eigenvalue weighted by molar-refractivity contribution is 0.00821. The molecule has 1 aliphatic rings. The van der Waals surface area contributed by atoms with Gasteiger partial charge < -0.3 is 19.9 Å². The Hall–Kier alpha value is -0.200. The van der Waals surface area contributed by atoms with E-state index in [1.165, 1.54) is 6.42 Å². The van der Waals surface area contributed by atoms with Crippen LogP contribution in [0.15, 0.2) is 0 Å². The molecule has 3 unspecified atom stereocenters. The molecule has 120 valence electrons. The lowest BCUT2D eigenvalue weighted by Gasteiger charge is -2.45. The third-order valence-electron chi connectivity index (χ3n) is 4.65. The number of aliphatic hydroxyl groups is 1. The van der Waals surface area contributed by atoms with Crippen molar-refractivity contribution in [1.82, 2.24) is 10.2 Å². The van der Waals surface area contributed by atoms with Crippen LogP contribution in [0.4, 0.5) is 0 Å². The summed E-state index contributed by atoms with van der Waals surface area (Å²) < 4.78 is 10.6. The van der Waals surface area contributed by atoms with Crippen molar-refractivity contribution in [3.05, 3.63) is 0 Å². The van der Waals surface area contributed by atoms with Crippen LogP contribution in [-0.2, 0) is 9.47 Å². The summed E-state index contributed by atoms with van der Waals surface area (Å²) >= 11 is 0. The maximum Gasteiger partial charge on any atom is 0.0615 e. The van der Waals surface area contributed by atoms with Gasteiger partial charge in [-0.3, -0.25) is 4.90 Å². The minimum Gasteiger partial charge on any atom is -0.394 e. The highest BCUT2D eigenvalue weighted by atomic mass is 16.5. The molecule has 0 heterocycles. The molecule has 0 spiro atoms. The maximum atomic E-state index is 9.73. The number of hydrogen-bond donors (Lipinski definition) is 2. The summed E-state index contributed by atoms with van der Waals surface area (Å²) in [6, 6.07) is 0.843. The van der Waals surface area contributed by atoms with Crippen molar-refractivity contribution in [2.75, 3.05) is 47.6 Å². The van der Waals surface area contributed by atoms with E-state index in [0.29, 0.717) is 12.1 Å². The molecular formula is C15H32N2O3. The zero-order valence-corrected chi connectivity index (χ0v) is 13.5. The van der Waals surface area contributed by atoms with Gasteiger partial charge in [-0.15, -0.1) is 0 Å². The first-order valence-corrected chi connectivity index (χ1v) is 7.66. The van der Waals surface area contributed by atoms with Crippen LogP contribution in [0.3, 0.4) is 0 Å². The van der Waals surface area contributed by atoms with Gasteiger partial charge in [-0.05, 0) is 39.7 Å². The monoisotopic (exact) mass is 288 g/mol. The molecule has 1 aliphatic carbocycles. The third kappa shape index (κ3) is 4.67. The van der Waals surface area contributed by atoms with Gasteiger partial charge in [0.2, 0.25) is 0 Å². The van der Waals surface area contributed by atoms with Gasteiger partial charge in [0.05, 0.1) is 19.8 Å².